The molecule has 0 aliphatic carbocycles. The standard InChI is InChI=1S/C15H22FNO2S/c1-10(17-20(19)14(2,3)4)11-8-7-9-12(13(11)16)15(5,6)18/h7-9,18H,1-6H3/b17-10-. The molecular formula is C15H22FNO2S. The largest absolute Gasteiger partial charge is 0.591 e. The molecule has 1 aromatic rings. The summed E-state index contributed by atoms with van der Waals surface area (Å²) >= 11 is -1.45. The van der Waals surface area contributed by atoms with Crippen LogP contribution >= 0.6 is 0 Å². The zero-order chi connectivity index (χ0) is 15.7. The second-order valence-corrected chi connectivity index (χ2v) is 8.17. The van der Waals surface area contributed by atoms with Crippen LogP contribution in [0.4, 0.5) is 4.39 Å². The van der Waals surface area contributed by atoms with Gasteiger partial charge in [0.1, 0.15) is 21.9 Å². The fourth-order valence-corrected chi connectivity index (χ4v) is 2.22. The van der Waals surface area contributed by atoms with Gasteiger partial charge in [0.05, 0.1) is 11.3 Å². The lowest BCUT2D eigenvalue weighted by molar-refractivity contribution is 0.0745. The molecule has 0 amide bonds. The van der Waals surface area contributed by atoms with Crippen molar-refractivity contribution in [3.8, 4) is 0 Å². The molecule has 20 heavy (non-hydrogen) atoms. The summed E-state index contributed by atoms with van der Waals surface area (Å²) in [4.78, 5) is 0. The Kier molecular flexibility index (Phi) is 5.00. The van der Waals surface area contributed by atoms with Crippen LogP contribution in [0, 0.1) is 5.82 Å². The van der Waals surface area contributed by atoms with Crippen LogP contribution in [0.5, 0.6) is 0 Å². The van der Waals surface area contributed by atoms with E-state index in [-0.39, 0.29) is 11.1 Å². The molecule has 112 valence electrons. The van der Waals surface area contributed by atoms with Crippen LogP contribution in [0.15, 0.2) is 22.6 Å². The molecule has 3 nitrogen and oxygen atoms in total. The lowest BCUT2D eigenvalue weighted by Crippen LogP contribution is -2.27. The summed E-state index contributed by atoms with van der Waals surface area (Å²) in [6, 6.07) is 4.76. The van der Waals surface area contributed by atoms with Crippen molar-refractivity contribution in [2.45, 2.75) is 51.9 Å². The van der Waals surface area contributed by atoms with Gasteiger partial charge in [0, 0.05) is 11.1 Å². The van der Waals surface area contributed by atoms with Crippen molar-refractivity contribution in [1.82, 2.24) is 0 Å². The van der Waals surface area contributed by atoms with E-state index in [0.717, 1.165) is 0 Å². The van der Waals surface area contributed by atoms with Crippen molar-refractivity contribution in [2.75, 3.05) is 0 Å². The highest BCUT2D eigenvalue weighted by molar-refractivity contribution is 7.91. The zero-order valence-electron chi connectivity index (χ0n) is 12.8. The Hall–Kier alpha value is -0.910. The van der Waals surface area contributed by atoms with E-state index >= 15 is 0 Å². The minimum Gasteiger partial charge on any atom is -0.591 e. The molecule has 0 radical (unpaired) electrons. The lowest BCUT2D eigenvalue weighted by atomic mass is 9.94. The normalized spacial score (nSPS) is 15.3. The molecule has 1 unspecified atom stereocenters. The smallest absolute Gasteiger partial charge is 0.144 e. The van der Waals surface area contributed by atoms with Crippen molar-refractivity contribution in [1.29, 1.82) is 0 Å². The highest BCUT2D eigenvalue weighted by atomic mass is 32.2. The average molecular weight is 299 g/mol. The van der Waals surface area contributed by atoms with Crippen molar-refractivity contribution < 1.29 is 14.0 Å². The molecule has 0 fully saturated rings. The SMILES string of the molecule is C/C(=N/[S+]([O-])C(C)(C)C)c1cccc(C(C)(C)O)c1F. The van der Waals surface area contributed by atoms with Crippen LogP contribution in [0.25, 0.3) is 0 Å². The number of benzene rings is 1. The summed E-state index contributed by atoms with van der Waals surface area (Å²) in [5, 5.41) is 9.95. The second-order valence-electron chi connectivity index (χ2n) is 6.26. The number of aliphatic hydroxyl groups is 1. The summed E-state index contributed by atoms with van der Waals surface area (Å²) < 4.78 is 30.0. The maximum Gasteiger partial charge on any atom is 0.144 e. The molecule has 1 atom stereocenters. The van der Waals surface area contributed by atoms with Gasteiger partial charge in [-0.15, -0.1) is 0 Å². The molecule has 0 aliphatic heterocycles. The summed E-state index contributed by atoms with van der Waals surface area (Å²) in [6.45, 7) is 10.1. The van der Waals surface area contributed by atoms with Crippen LogP contribution in [0.3, 0.4) is 0 Å². The van der Waals surface area contributed by atoms with Crippen molar-refractivity contribution >= 4 is 17.1 Å². The Labute approximate surface area is 123 Å². The summed E-state index contributed by atoms with van der Waals surface area (Å²) in [7, 11) is 0. The lowest BCUT2D eigenvalue weighted by Gasteiger charge is -2.21. The molecule has 0 spiro atoms. The van der Waals surface area contributed by atoms with Crippen LogP contribution < -0.4 is 0 Å². The van der Waals surface area contributed by atoms with Crippen LogP contribution in [-0.2, 0) is 17.0 Å². The minimum absolute atomic E-state index is 0.200. The van der Waals surface area contributed by atoms with E-state index in [4.69, 9.17) is 0 Å². The first-order valence-electron chi connectivity index (χ1n) is 6.43. The predicted molar refractivity (Wildman–Crippen MR) is 81.8 cm³/mol. The van der Waals surface area contributed by atoms with Crippen LogP contribution in [0.2, 0.25) is 0 Å². The molecule has 5 heteroatoms. The Morgan fingerprint density at radius 2 is 1.80 bits per heavy atom. The van der Waals surface area contributed by atoms with Crippen molar-refractivity contribution in [3.05, 3.63) is 35.1 Å². The van der Waals surface area contributed by atoms with E-state index in [1.807, 2.05) is 20.8 Å². The number of hydrogen-bond acceptors (Lipinski definition) is 3. The predicted octanol–water partition coefficient (Wildman–Crippen LogP) is 3.32. The van der Waals surface area contributed by atoms with E-state index in [1.165, 1.54) is 19.9 Å². The van der Waals surface area contributed by atoms with Crippen LogP contribution in [-0.4, -0.2) is 20.1 Å². The maximum absolute atomic E-state index is 14.4. The summed E-state index contributed by atoms with van der Waals surface area (Å²) in [6.07, 6.45) is 0. The molecule has 0 saturated carbocycles. The Balaban J connectivity index is 3.25. The van der Waals surface area contributed by atoms with Crippen LogP contribution in [0.1, 0.15) is 52.7 Å². The van der Waals surface area contributed by atoms with Gasteiger partial charge >= 0.3 is 0 Å². The molecule has 0 aliphatic rings. The quantitative estimate of drug-likeness (QED) is 0.687. The minimum atomic E-state index is -1.45. The van der Waals surface area contributed by atoms with E-state index in [0.29, 0.717) is 5.71 Å². The third-order valence-corrected chi connectivity index (χ3v) is 4.28. The zero-order valence-corrected chi connectivity index (χ0v) is 13.6. The number of hydrogen-bond donors (Lipinski definition) is 1. The van der Waals surface area contributed by atoms with Gasteiger partial charge in [-0.05, 0) is 41.5 Å². The van der Waals surface area contributed by atoms with Gasteiger partial charge in [-0.3, -0.25) is 0 Å². The number of halogens is 1. The molecule has 1 rings (SSSR count). The molecule has 0 aromatic heterocycles. The van der Waals surface area contributed by atoms with Crippen molar-refractivity contribution in [2.24, 2.45) is 4.40 Å². The van der Waals surface area contributed by atoms with Gasteiger partial charge in [0.2, 0.25) is 0 Å². The van der Waals surface area contributed by atoms with E-state index in [9.17, 15) is 14.0 Å². The highest BCUT2D eigenvalue weighted by Gasteiger charge is 2.28. The second kappa shape index (κ2) is 5.84. The van der Waals surface area contributed by atoms with E-state index < -0.39 is 27.5 Å². The fourth-order valence-electron chi connectivity index (χ4n) is 1.59. The fraction of sp³-hybridized carbons (Fsp3) is 0.533. The van der Waals surface area contributed by atoms with Gasteiger partial charge in [-0.2, -0.15) is 0 Å². The molecular weight excluding hydrogens is 277 g/mol. The van der Waals surface area contributed by atoms with E-state index in [2.05, 4.69) is 4.40 Å². The maximum atomic E-state index is 14.4. The Bertz CT molecular complexity index is 516. The van der Waals surface area contributed by atoms with Gasteiger partial charge < -0.3 is 9.66 Å². The third kappa shape index (κ3) is 4.04. The number of rotatable bonds is 3. The van der Waals surface area contributed by atoms with Gasteiger partial charge in [-0.25, -0.2) is 4.39 Å². The summed E-state index contributed by atoms with van der Waals surface area (Å²) in [5.41, 5.74) is -0.445. The Morgan fingerprint density at radius 3 is 2.25 bits per heavy atom. The van der Waals surface area contributed by atoms with Gasteiger partial charge in [-0.1, -0.05) is 22.6 Å². The average Bonchev–Trinajstić information content (AvgIpc) is 2.26. The van der Waals surface area contributed by atoms with Crippen molar-refractivity contribution in [3.63, 3.8) is 0 Å². The first kappa shape index (κ1) is 17.1. The third-order valence-electron chi connectivity index (χ3n) is 2.79. The number of nitrogens with zero attached hydrogens (tertiary/aromatic N) is 1. The molecule has 0 bridgehead atoms. The Morgan fingerprint density at radius 1 is 1.25 bits per heavy atom. The topological polar surface area (TPSA) is 55.7 Å². The monoisotopic (exact) mass is 299 g/mol. The first-order chi connectivity index (χ1) is 8.94. The summed E-state index contributed by atoms with van der Waals surface area (Å²) in [5.74, 6) is -0.521. The molecule has 1 aromatic carbocycles. The molecule has 1 N–H and O–H groups in total. The molecule has 0 heterocycles. The van der Waals surface area contributed by atoms with Gasteiger partial charge in [0.25, 0.3) is 0 Å². The van der Waals surface area contributed by atoms with E-state index in [1.54, 1.807) is 19.1 Å². The first-order valence-corrected chi connectivity index (χ1v) is 7.54. The molecule has 0 saturated heterocycles. The van der Waals surface area contributed by atoms with Gasteiger partial charge in [0.15, 0.2) is 0 Å². The highest BCUT2D eigenvalue weighted by Crippen LogP contribution is 2.26.